The second-order valence-corrected chi connectivity index (χ2v) is 5.57. The second-order valence-electron chi connectivity index (χ2n) is 5.57. The van der Waals surface area contributed by atoms with Crippen LogP contribution in [0.2, 0.25) is 0 Å². The van der Waals surface area contributed by atoms with Crippen LogP contribution in [-0.4, -0.2) is 11.1 Å². The summed E-state index contributed by atoms with van der Waals surface area (Å²) in [5, 5.41) is 0. The molecule has 1 fully saturated rings. The van der Waals surface area contributed by atoms with Crippen molar-refractivity contribution in [3.05, 3.63) is 23.5 Å². The molecule has 0 amide bonds. The van der Waals surface area contributed by atoms with E-state index in [1.165, 1.54) is 18.4 Å². The molecule has 0 aliphatic heterocycles. The largest absolute Gasteiger partial charge is 0.488 e. The fourth-order valence-corrected chi connectivity index (χ4v) is 1.78. The van der Waals surface area contributed by atoms with E-state index in [4.69, 9.17) is 4.74 Å². The van der Waals surface area contributed by atoms with Crippen LogP contribution in [0.5, 0.6) is 5.75 Å². The minimum Gasteiger partial charge on any atom is -0.488 e. The number of pyridine rings is 1. The van der Waals surface area contributed by atoms with Gasteiger partial charge in [-0.3, -0.25) is 4.98 Å². The smallest absolute Gasteiger partial charge is 0.144 e. The maximum absolute atomic E-state index is 6.04. The highest BCUT2D eigenvalue weighted by atomic mass is 16.5. The van der Waals surface area contributed by atoms with E-state index in [0.29, 0.717) is 6.10 Å². The van der Waals surface area contributed by atoms with E-state index >= 15 is 0 Å². The molecular formula is C14H21NO. The molecule has 1 aromatic rings. The van der Waals surface area contributed by atoms with Gasteiger partial charge >= 0.3 is 0 Å². The first-order chi connectivity index (χ1) is 7.52. The summed E-state index contributed by atoms with van der Waals surface area (Å²) in [6.45, 7) is 8.74. The summed E-state index contributed by atoms with van der Waals surface area (Å²) in [5.41, 5.74) is 2.43. The van der Waals surface area contributed by atoms with Gasteiger partial charge in [-0.15, -0.1) is 0 Å². The van der Waals surface area contributed by atoms with Crippen LogP contribution in [0.3, 0.4) is 0 Å². The molecule has 1 aliphatic carbocycles. The van der Waals surface area contributed by atoms with Crippen molar-refractivity contribution in [2.75, 3.05) is 0 Å². The number of rotatable bonds is 3. The third-order valence-electron chi connectivity index (χ3n) is 2.89. The lowest BCUT2D eigenvalue weighted by molar-refractivity contribution is 0.289. The first-order valence-electron chi connectivity index (χ1n) is 6.17. The van der Waals surface area contributed by atoms with Gasteiger partial charge in [0.2, 0.25) is 0 Å². The molecular weight excluding hydrogens is 198 g/mol. The van der Waals surface area contributed by atoms with Crippen molar-refractivity contribution in [3.63, 3.8) is 0 Å². The number of hydrogen-bond donors (Lipinski definition) is 0. The molecule has 2 nitrogen and oxygen atoms in total. The van der Waals surface area contributed by atoms with Crippen LogP contribution in [0.1, 0.15) is 51.8 Å². The lowest BCUT2D eigenvalue weighted by Gasteiger charge is -2.23. The third kappa shape index (κ3) is 2.37. The van der Waals surface area contributed by atoms with Crippen molar-refractivity contribution in [1.29, 1.82) is 0 Å². The van der Waals surface area contributed by atoms with Crippen molar-refractivity contribution in [3.8, 4) is 5.75 Å². The van der Waals surface area contributed by atoms with Gasteiger partial charge in [-0.2, -0.15) is 0 Å². The Labute approximate surface area is 98.0 Å². The summed E-state index contributed by atoms with van der Waals surface area (Å²) < 4.78 is 6.04. The molecule has 16 heavy (non-hydrogen) atoms. The van der Waals surface area contributed by atoms with E-state index < -0.39 is 0 Å². The first kappa shape index (κ1) is 11.4. The second kappa shape index (κ2) is 4.08. The lowest BCUT2D eigenvalue weighted by atomic mass is 9.89. The third-order valence-corrected chi connectivity index (χ3v) is 2.89. The number of aromatic nitrogens is 1. The van der Waals surface area contributed by atoms with E-state index in [1.54, 1.807) is 0 Å². The highest BCUT2D eigenvalue weighted by Gasteiger charge is 2.29. The van der Waals surface area contributed by atoms with Crippen LogP contribution < -0.4 is 4.74 Å². The topological polar surface area (TPSA) is 22.1 Å². The molecule has 0 atom stereocenters. The van der Waals surface area contributed by atoms with Crippen LogP contribution in [-0.2, 0) is 11.8 Å². The summed E-state index contributed by atoms with van der Waals surface area (Å²) >= 11 is 0. The Balaban J connectivity index is 2.41. The van der Waals surface area contributed by atoms with Gasteiger partial charge in [-0.25, -0.2) is 0 Å². The predicted octanol–water partition coefficient (Wildman–Crippen LogP) is 3.48. The summed E-state index contributed by atoms with van der Waals surface area (Å²) in [4.78, 5) is 4.51. The Morgan fingerprint density at radius 3 is 2.56 bits per heavy atom. The molecule has 0 saturated heterocycles. The fraction of sp³-hybridized carbons (Fsp3) is 0.643. The van der Waals surface area contributed by atoms with Crippen molar-refractivity contribution < 1.29 is 4.74 Å². The maximum Gasteiger partial charge on any atom is 0.144 e. The molecule has 2 heteroatoms. The molecule has 0 unspecified atom stereocenters. The molecule has 0 N–H and O–H groups in total. The van der Waals surface area contributed by atoms with Crippen molar-refractivity contribution in [2.24, 2.45) is 0 Å². The molecule has 0 bridgehead atoms. The summed E-state index contributed by atoms with van der Waals surface area (Å²) in [6.07, 6.45) is 5.74. The minimum absolute atomic E-state index is 0.0510. The first-order valence-corrected chi connectivity index (χ1v) is 6.17. The molecule has 0 radical (unpaired) electrons. The van der Waals surface area contributed by atoms with Gasteiger partial charge in [0.15, 0.2) is 0 Å². The van der Waals surface area contributed by atoms with E-state index in [9.17, 15) is 0 Å². The summed E-state index contributed by atoms with van der Waals surface area (Å²) in [5.74, 6) is 1.04. The molecule has 0 aromatic carbocycles. The van der Waals surface area contributed by atoms with Gasteiger partial charge in [0, 0.05) is 11.6 Å². The Morgan fingerprint density at radius 2 is 2.06 bits per heavy atom. The molecule has 88 valence electrons. The molecule has 1 aliphatic rings. The molecule has 2 rings (SSSR count). The number of ether oxygens (including phenoxy) is 1. The van der Waals surface area contributed by atoms with Crippen molar-refractivity contribution in [1.82, 2.24) is 4.98 Å². The van der Waals surface area contributed by atoms with E-state index in [-0.39, 0.29) is 5.41 Å². The fourth-order valence-electron chi connectivity index (χ4n) is 1.78. The van der Waals surface area contributed by atoms with Crippen LogP contribution >= 0.6 is 0 Å². The van der Waals surface area contributed by atoms with E-state index in [2.05, 4.69) is 38.7 Å². The Kier molecular flexibility index (Phi) is 2.92. The number of hydrogen-bond acceptors (Lipinski definition) is 2. The Morgan fingerprint density at radius 1 is 1.38 bits per heavy atom. The highest BCUT2D eigenvalue weighted by molar-refractivity contribution is 5.40. The van der Waals surface area contributed by atoms with Gasteiger partial charge in [0.05, 0.1) is 11.8 Å². The molecule has 0 spiro atoms. The highest BCUT2D eigenvalue weighted by Crippen LogP contribution is 2.36. The molecule has 1 aromatic heterocycles. The lowest BCUT2D eigenvalue weighted by Crippen LogP contribution is -2.17. The van der Waals surface area contributed by atoms with Crippen LogP contribution in [0.25, 0.3) is 0 Å². The maximum atomic E-state index is 6.04. The van der Waals surface area contributed by atoms with Gasteiger partial charge in [0.25, 0.3) is 0 Å². The molecule has 1 heterocycles. The normalized spacial score (nSPS) is 16.2. The van der Waals surface area contributed by atoms with Gasteiger partial charge < -0.3 is 4.74 Å². The zero-order chi connectivity index (χ0) is 11.8. The average Bonchev–Trinajstić information content (AvgIpc) is 3.00. The van der Waals surface area contributed by atoms with Crippen LogP contribution in [0, 0.1) is 0 Å². The number of aryl methyl sites for hydroxylation is 1. The zero-order valence-electron chi connectivity index (χ0n) is 10.7. The SMILES string of the molecule is CCc1ccnc(C(C)(C)C)c1OC1CC1. The van der Waals surface area contributed by atoms with Crippen LogP contribution in [0.4, 0.5) is 0 Å². The van der Waals surface area contributed by atoms with Crippen molar-refractivity contribution in [2.45, 2.75) is 58.5 Å². The monoisotopic (exact) mass is 219 g/mol. The molecule has 1 saturated carbocycles. The standard InChI is InChI=1S/C14H21NO/c1-5-10-8-9-15-13(14(2,3)4)12(10)16-11-6-7-11/h8-9,11H,5-7H2,1-4H3. The van der Waals surface area contributed by atoms with E-state index in [0.717, 1.165) is 17.9 Å². The van der Waals surface area contributed by atoms with Gasteiger partial charge in [0.1, 0.15) is 5.75 Å². The minimum atomic E-state index is 0.0510. The predicted molar refractivity (Wildman–Crippen MR) is 66.0 cm³/mol. The summed E-state index contributed by atoms with van der Waals surface area (Å²) in [7, 11) is 0. The number of nitrogens with zero attached hydrogens (tertiary/aromatic N) is 1. The Hall–Kier alpha value is -1.05. The van der Waals surface area contributed by atoms with Gasteiger partial charge in [-0.1, -0.05) is 27.7 Å². The Bertz CT molecular complexity index is 375. The van der Waals surface area contributed by atoms with Crippen molar-refractivity contribution >= 4 is 0 Å². The van der Waals surface area contributed by atoms with E-state index in [1.807, 2.05) is 6.20 Å². The summed E-state index contributed by atoms with van der Waals surface area (Å²) in [6, 6.07) is 2.08. The van der Waals surface area contributed by atoms with Crippen LogP contribution in [0.15, 0.2) is 12.3 Å². The van der Waals surface area contributed by atoms with Gasteiger partial charge in [-0.05, 0) is 30.9 Å². The quantitative estimate of drug-likeness (QED) is 0.776. The average molecular weight is 219 g/mol. The zero-order valence-corrected chi connectivity index (χ0v) is 10.7.